The van der Waals surface area contributed by atoms with Crippen molar-refractivity contribution in [1.29, 1.82) is 0 Å². The van der Waals surface area contributed by atoms with Gasteiger partial charge in [-0.1, -0.05) is 0 Å². The molecule has 2 aromatic rings. The molecule has 10 heteroatoms. The summed E-state index contributed by atoms with van der Waals surface area (Å²) in [4.78, 5) is 7.92. The van der Waals surface area contributed by atoms with Crippen LogP contribution in [0.15, 0.2) is 12.4 Å². The lowest BCUT2D eigenvalue weighted by Gasteiger charge is -2.23. The second kappa shape index (κ2) is 7.48. The monoisotopic (exact) mass is 370 g/mol. The van der Waals surface area contributed by atoms with Crippen LogP contribution in [0.2, 0.25) is 0 Å². The van der Waals surface area contributed by atoms with Crippen LogP contribution >= 0.6 is 0 Å². The van der Waals surface area contributed by atoms with Gasteiger partial charge in [-0.25, -0.2) is 9.37 Å². The molecular formula is C16H21F3N6O. The maximum Gasteiger partial charge on any atom is 0.306 e. The highest BCUT2D eigenvalue weighted by molar-refractivity contribution is 5.58. The highest BCUT2D eigenvalue weighted by Gasteiger charge is 2.35. The van der Waals surface area contributed by atoms with E-state index in [1.54, 1.807) is 6.20 Å². The van der Waals surface area contributed by atoms with E-state index in [1.165, 1.54) is 7.05 Å². The fourth-order valence-corrected chi connectivity index (χ4v) is 2.94. The molecular weight excluding hydrogens is 349 g/mol. The molecule has 0 unspecified atom stereocenters. The summed E-state index contributed by atoms with van der Waals surface area (Å²) in [6.07, 6.45) is 4.35. The summed E-state index contributed by atoms with van der Waals surface area (Å²) < 4.78 is 47.1. The lowest BCUT2D eigenvalue weighted by Crippen LogP contribution is -2.21. The van der Waals surface area contributed by atoms with Gasteiger partial charge >= 0.3 is 5.92 Å². The Balaban J connectivity index is 1.82. The van der Waals surface area contributed by atoms with Crippen LogP contribution in [0.1, 0.15) is 30.1 Å². The minimum absolute atomic E-state index is 0.125. The largest absolute Gasteiger partial charge is 0.381 e. The summed E-state index contributed by atoms with van der Waals surface area (Å²) in [5, 5.41) is 9.95. The van der Waals surface area contributed by atoms with Crippen molar-refractivity contribution in [3.8, 4) is 0 Å². The Morgan fingerprint density at radius 2 is 2.04 bits per heavy atom. The first-order chi connectivity index (χ1) is 12.5. The molecule has 2 N–H and O–H groups in total. The standard InChI is InChI=1S/C16H21F3N6O/c1-10-13(8-22-25(10)11-3-5-26-6-4-11)23-15-21-7-12(14(20-2)24-15)16(18,19)9-17/h7-8,11H,3-6,9H2,1-2H3,(H2,20,21,23,24). The number of hydrogen-bond acceptors (Lipinski definition) is 6. The number of alkyl halides is 3. The van der Waals surface area contributed by atoms with Crippen molar-refractivity contribution in [3.63, 3.8) is 0 Å². The number of nitrogens with zero attached hydrogens (tertiary/aromatic N) is 4. The summed E-state index contributed by atoms with van der Waals surface area (Å²) in [7, 11) is 1.44. The number of halogens is 3. The normalized spacial score (nSPS) is 15.9. The van der Waals surface area contributed by atoms with Crippen molar-refractivity contribution >= 4 is 17.5 Å². The smallest absolute Gasteiger partial charge is 0.306 e. The van der Waals surface area contributed by atoms with Gasteiger partial charge < -0.3 is 15.4 Å². The van der Waals surface area contributed by atoms with E-state index in [0.717, 1.165) is 24.7 Å². The first-order valence-electron chi connectivity index (χ1n) is 8.34. The van der Waals surface area contributed by atoms with Gasteiger partial charge in [-0.2, -0.15) is 18.9 Å². The van der Waals surface area contributed by atoms with Gasteiger partial charge in [-0.05, 0) is 19.8 Å². The SMILES string of the molecule is CNc1nc(Nc2cnn(C3CCOCC3)c2C)ncc1C(F)(F)CF. The second-order valence-corrected chi connectivity index (χ2v) is 6.10. The van der Waals surface area contributed by atoms with Gasteiger partial charge in [0.25, 0.3) is 0 Å². The number of aromatic nitrogens is 4. The Kier molecular flexibility index (Phi) is 5.30. The number of hydrogen-bond donors (Lipinski definition) is 2. The molecule has 0 aliphatic carbocycles. The lowest BCUT2D eigenvalue weighted by molar-refractivity contribution is -0.0279. The van der Waals surface area contributed by atoms with Crippen molar-refractivity contribution in [2.24, 2.45) is 0 Å². The third-order valence-corrected chi connectivity index (χ3v) is 4.42. The molecule has 1 aliphatic heterocycles. The van der Waals surface area contributed by atoms with E-state index in [-0.39, 0.29) is 17.8 Å². The molecule has 0 aromatic carbocycles. The van der Waals surface area contributed by atoms with E-state index in [9.17, 15) is 13.2 Å². The summed E-state index contributed by atoms with van der Waals surface area (Å²) in [6.45, 7) is 1.50. The molecule has 142 valence electrons. The van der Waals surface area contributed by atoms with Gasteiger partial charge in [0.15, 0.2) is 6.67 Å². The molecule has 1 aliphatic rings. The molecule has 3 rings (SSSR count). The van der Waals surface area contributed by atoms with Crippen LogP contribution in [0.25, 0.3) is 0 Å². The first kappa shape index (κ1) is 18.4. The van der Waals surface area contributed by atoms with Gasteiger partial charge in [0.05, 0.1) is 29.2 Å². The highest BCUT2D eigenvalue weighted by Crippen LogP contribution is 2.33. The van der Waals surface area contributed by atoms with Crippen LogP contribution in [0.4, 0.5) is 30.6 Å². The number of anilines is 3. The van der Waals surface area contributed by atoms with E-state index < -0.39 is 18.2 Å². The average Bonchev–Trinajstić information content (AvgIpc) is 3.02. The van der Waals surface area contributed by atoms with E-state index in [0.29, 0.717) is 18.9 Å². The van der Waals surface area contributed by atoms with E-state index >= 15 is 0 Å². The molecule has 1 saturated heterocycles. The van der Waals surface area contributed by atoms with Gasteiger partial charge in [0, 0.05) is 26.5 Å². The molecule has 0 radical (unpaired) electrons. The molecule has 0 saturated carbocycles. The maximum atomic E-state index is 13.6. The van der Waals surface area contributed by atoms with Crippen LogP contribution in [0.5, 0.6) is 0 Å². The Labute approximate surface area is 149 Å². The van der Waals surface area contributed by atoms with Crippen molar-refractivity contribution in [1.82, 2.24) is 19.7 Å². The number of ether oxygens (including phenoxy) is 1. The van der Waals surface area contributed by atoms with E-state index in [1.807, 2.05) is 11.6 Å². The van der Waals surface area contributed by atoms with Crippen LogP contribution in [0.3, 0.4) is 0 Å². The molecule has 0 amide bonds. The molecule has 0 atom stereocenters. The van der Waals surface area contributed by atoms with E-state index in [2.05, 4.69) is 25.7 Å². The van der Waals surface area contributed by atoms with Crippen LogP contribution in [-0.2, 0) is 10.7 Å². The van der Waals surface area contributed by atoms with Crippen molar-refractivity contribution < 1.29 is 17.9 Å². The molecule has 1 fully saturated rings. The predicted molar refractivity (Wildman–Crippen MR) is 90.8 cm³/mol. The number of nitrogens with one attached hydrogen (secondary N) is 2. The Morgan fingerprint density at radius 3 is 2.69 bits per heavy atom. The second-order valence-electron chi connectivity index (χ2n) is 6.10. The van der Waals surface area contributed by atoms with Crippen molar-refractivity contribution in [3.05, 3.63) is 23.7 Å². The summed E-state index contributed by atoms with van der Waals surface area (Å²) in [6, 6.07) is 0.263. The Bertz CT molecular complexity index is 760. The third-order valence-electron chi connectivity index (χ3n) is 4.42. The summed E-state index contributed by atoms with van der Waals surface area (Å²) >= 11 is 0. The van der Waals surface area contributed by atoms with Gasteiger partial charge in [-0.3, -0.25) is 4.68 Å². The number of rotatable bonds is 6. The zero-order valence-corrected chi connectivity index (χ0v) is 14.6. The fraction of sp³-hybridized carbons (Fsp3) is 0.562. The fourth-order valence-electron chi connectivity index (χ4n) is 2.94. The first-order valence-corrected chi connectivity index (χ1v) is 8.34. The molecule has 3 heterocycles. The highest BCUT2D eigenvalue weighted by atomic mass is 19.3. The molecule has 2 aromatic heterocycles. The van der Waals surface area contributed by atoms with Crippen molar-refractivity contribution in [2.75, 3.05) is 37.6 Å². The third kappa shape index (κ3) is 3.59. The topological polar surface area (TPSA) is 76.9 Å². The maximum absolute atomic E-state index is 13.6. The minimum Gasteiger partial charge on any atom is -0.381 e. The van der Waals surface area contributed by atoms with Crippen LogP contribution in [-0.4, -0.2) is 46.7 Å². The van der Waals surface area contributed by atoms with Crippen molar-refractivity contribution in [2.45, 2.75) is 31.7 Å². The van der Waals surface area contributed by atoms with Gasteiger partial charge in [0.1, 0.15) is 5.82 Å². The molecule has 7 nitrogen and oxygen atoms in total. The van der Waals surface area contributed by atoms with Crippen LogP contribution in [0, 0.1) is 6.92 Å². The Hall–Kier alpha value is -2.36. The predicted octanol–water partition coefficient (Wildman–Crippen LogP) is 3.18. The summed E-state index contributed by atoms with van der Waals surface area (Å²) in [5.41, 5.74) is 0.996. The molecule has 0 spiro atoms. The molecule has 26 heavy (non-hydrogen) atoms. The zero-order chi connectivity index (χ0) is 18.7. The lowest BCUT2D eigenvalue weighted by atomic mass is 10.1. The summed E-state index contributed by atoms with van der Waals surface area (Å²) in [5.74, 6) is -3.64. The van der Waals surface area contributed by atoms with E-state index in [4.69, 9.17) is 4.74 Å². The van der Waals surface area contributed by atoms with Gasteiger partial charge in [0.2, 0.25) is 5.95 Å². The quantitative estimate of drug-likeness (QED) is 0.813. The minimum atomic E-state index is -3.64. The van der Waals surface area contributed by atoms with Crippen LogP contribution < -0.4 is 10.6 Å². The average molecular weight is 370 g/mol. The Morgan fingerprint density at radius 1 is 1.31 bits per heavy atom. The molecule has 0 bridgehead atoms. The zero-order valence-electron chi connectivity index (χ0n) is 14.6. The van der Waals surface area contributed by atoms with Gasteiger partial charge in [-0.15, -0.1) is 0 Å².